The minimum absolute atomic E-state index is 0.169. The van der Waals surface area contributed by atoms with Gasteiger partial charge in [0.15, 0.2) is 0 Å². The Kier molecular flexibility index (Phi) is 7.09. The molecule has 1 heterocycles. The number of fused-ring (bicyclic) bond motifs is 1. The van der Waals surface area contributed by atoms with E-state index in [0.29, 0.717) is 16.6 Å². The van der Waals surface area contributed by atoms with Crippen molar-refractivity contribution in [3.8, 4) is 5.75 Å². The van der Waals surface area contributed by atoms with Gasteiger partial charge in [-0.2, -0.15) is 0 Å². The van der Waals surface area contributed by atoms with Crippen molar-refractivity contribution in [2.24, 2.45) is 0 Å². The van der Waals surface area contributed by atoms with Crippen LogP contribution in [0.5, 0.6) is 5.75 Å². The van der Waals surface area contributed by atoms with E-state index in [1.54, 1.807) is 12.1 Å². The summed E-state index contributed by atoms with van der Waals surface area (Å²) in [4.78, 5) is 12.3. The van der Waals surface area contributed by atoms with Crippen LogP contribution in [0.1, 0.15) is 12.8 Å². The van der Waals surface area contributed by atoms with Crippen LogP contribution in [0.4, 0.5) is 10.5 Å². The number of rotatable bonds is 6. The van der Waals surface area contributed by atoms with Gasteiger partial charge in [0.05, 0.1) is 43.3 Å². The number of halogens is 2. The lowest BCUT2D eigenvalue weighted by Gasteiger charge is -2.40. The molecule has 3 aromatic carbocycles. The smallest absolute Gasteiger partial charge is 0.319 e. The highest BCUT2D eigenvalue weighted by Gasteiger charge is 2.31. The number of benzene rings is 3. The Balaban J connectivity index is 1.20. The number of quaternary nitrogens is 1. The van der Waals surface area contributed by atoms with Crippen molar-refractivity contribution in [1.82, 2.24) is 5.32 Å². The van der Waals surface area contributed by atoms with Crippen LogP contribution in [0.2, 0.25) is 10.0 Å². The fourth-order valence-electron chi connectivity index (χ4n) is 4.13. The highest BCUT2D eigenvalue weighted by atomic mass is 35.5. The fraction of sp³-hybridized carbons (Fsp3) is 0.320. The quantitative estimate of drug-likeness (QED) is 0.435. The van der Waals surface area contributed by atoms with Gasteiger partial charge in [0, 0.05) is 24.6 Å². The molecule has 7 heteroatoms. The summed E-state index contributed by atoms with van der Waals surface area (Å²) in [6.07, 6.45) is 2.09. The molecular weight excluding hydrogens is 445 g/mol. The lowest BCUT2D eigenvalue weighted by molar-refractivity contribution is -0.913. The van der Waals surface area contributed by atoms with Gasteiger partial charge < -0.3 is 19.9 Å². The van der Waals surface area contributed by atoms with E-state index in [9.17, 15) is 4.79 Å². The summed E-state index contributed by atoms with van der Waals surface area (Å²) in [5, 5.41) is 9.22. The molecule has 2 N–H and O–H groups in total. The Morgan fingerprint density at radius 2 is 1.75 bits per heavy atom. The Hall–Kier alpha value is -2.47. The molecule has 0 saturated carbocycles. The molecule has 0 aliphatic carbocycles. The normalized spacial score (nSPS) is 20.7. The first-order valence-electron chi connectivity index (χ1n) is 10.9. The molecule has 0 aromatic heterocycles. The number of hydrogen-bond acceptors (Lipinski definition) is 2. The number of carbonyl (C=O) groups excluding carboxylic acids is 1. The van der Waals surface area contributed by atoms with E-state index in [2.05, 4.69) is 23.7 Å². The standard InChI is InChI=1S/C25H27Cl2N3O2/c1-30(13-10-21(11-14-30)32-22-8-9-23(26)24(27)17-22)15-12-28-25(31)29-20-7-6-18-4-2-3-5-19(18)16-20/h2-9,16-17,21H,10-15H2,1H3,(H-,28,29,31)/p+1. The average Bonchev–Trinajstić information content (AvgIpc) is 2.78. The Bertz CT molecular complexity index is 1100. The number of amides is 2. The lowest BCUT2D eigenvalue weighted by Crippen LogP contribution is -2.54. The van der Waals surface area contributed by atoms with E-state index >= 15 is 0 Å². The predicted octanol–water partition coefficient (Wildman–Crippen LogP) is 5.96. The summed E-state index contributed by atoms with van der Waals surface area (Å²) in [6.45, 7) is 3.50. The Morgan fingerprint density at radius 3 is 2.50 bits per heavy atom. The maximum atomic E-state index is 12.3. The zero-order chi connectivity index (χ0) is 22.6. The number of hydrogen-bond donors (Lipinski definition) is 2. The maximum Gasteiger partial charge on any atom is 0.319 e. The first kappa shape index (κ1) is 22.7. The van der Waals surface area contributed by atoms with E-state index < -0.39 is 0 Å². The molecule has 0 bridgehead atoms. The predicted molar refractivity (Wildman–Crippen MR) is 132 cm³/mol. The number of nitrogens with one attached hydrogen (secondary N) is 2. The molecule has 1 aliphatic heterocycles. The summed E-state index contributed by atoms with van der Waals surface area (Å²) in [5.74, 6) is 0.757. The molecule has 1 fully saturated rings. The number of likely N-dealkylation sites (N-methyl/N-ethyl adjacent to an activating group) is 1. The second-order valence-corrected chi connectivity index (χ2v) is 9.44. The molecule has 4 rings (SSSR count). The van der Waals surface area contributed by atoms with Crippen molar-refractivity contribution in [2.45, 2.75) is 18.9 Å². The second kappa shape index (κ2) is 9.99. The molecule has 168 valence electrons. The van der Waals surface area contributed by atoms with Gasteiger partial charge in [0.1, 0.15) is 11.9 Å². The molecular formula is C25H28Cl2N3O2+. The van der Waals surface area contributed by atoms with Crippen molar-refractivity contribution in [3.05, 3.63) is 70.7 Å². The number of urea groups is 1. The molecule has 32 heavy (non-hydrogen) atoms. The molecule has 0 atom stereocenters. The molecule has 0 unspecified atom stereocenters. The summed E-state index contributed by atoms with van der Waals surface area (Å²) in [6, 6.07) is 19.2. The molecule has 1 saturated heterocycles. The van der Waals surface area contributed by atoms with Crippen LogP contribution in [0, 0.1) is 0 Å². The molecule has 3 aromatic rings. The number of nitrogens with zero attached hydrogens (tertiary/aromatic N) is 1. The maximum absolute atomic E-state index is 12.3. The van der Waals surface area contributed by atoms with Gasteiger partial charge in [0.25, 0.3) is 0 Å². The lowest BCUT2D eigenvalue weighted by atomic mass is 10.1. The van der Waals surface area contributed by atoms with Crippen molar-refractivity contribution < 1.29 is 14.0 Å². The molecule has 0 spiro atoms. The summed E-state index contributed by atoms with van der Waals surface area (Å²) in [5.41, 5.74) is 0.793. The number of piperidine rings is 1. The van der Waals surface area contributed by atoms with E-state index in [1.807, 2.05) is 42.5 Å². The second-order valence-electron chi connectivity index (χ2n) is 8.63. The summed E-state index contributed by atoms with van der Waals surface area (Å²) < 4.78 is 7.01. The van der Waals surface area contributed by atoms with Gasteiger partial charge >= 0.3 is 6.03 Å². The van der Waals surface area contributed by atoms with Gasteiger partial charge in [-0.3, -0.25) is 0 Å². The van der Waals surface area contributed by atoms with Crippen LogP contribution < -0.4 is 15.4 Å². The van der Waals surface area contributed by atoms with Gasteiger partial charge in [-0.1, -0.05) is 53.5 Å². The van der Waals surface area contributed by atoms with Gasteiger partial charge in [0.2, 0.25) is 0 Å². The molecule has 0 radical (unpaired) electrons. The van der Waals surface area contributed by atoms with Crippen LogP contribution in [0.25, 0.3) is 10.8 Å². The highest BCUT2D eigenvalue weighted by Crippen LogP contribution is 2.29. The van der Waals surface area contributed by atoms with Crippen LogP contribution in [-0.4, -0.2) is 49.8 Å². The average molecular weight is 473 g/mol. The largest absolute Gasteiger partial charge is 0.490 e. The first-order chi connectivity index (χ1) is 15.4. The van der Waals surface area contributed by atoms with Gasteiger partial charge in [-0.15, -0.1) is 0 Å². The monoisotopic (exact) mass is 472 g/mol. The minimum Gasteiger partial charge on any atom is -0.490 e. The zero-order valence-electron chi connectivity index (χ0n) is 18.1. The topological polar surface area (TPSA) is 50.4 Å². The highest BCUT2D eigenvalue weighted by molar-refractivity contribution is 6.42. The van der Waals surface area contributed by atoms with E-state index in [0.717, 1.165) is 59.2 Å². The third-order valence-corrected chi connectivity index (χ3v) is 6.86. The SMILES string of the molecule is C[N+]1(CCNC(=O)Nc2ccc3ccccc3c2)CCC(Oc2ccc(Cl)c(Cl)c2)CC1. The number of ether oxygens (including phenoxy) is 1. The minimum atomic E-state index is -0.176. The van der Waals surface area contributed by atoms with Crippen molar-refractivity contribution >= 4 is 45.7 Å². The van der Waals surface area contributed by atoms with E-state index in [1.165, 1.54) is 0 Å². The fourth-order valence-corrected chi connectivity index (χ4v) is 4.42. The van der Waals surface area contributed by atoms with Gasteiger partial charge in [-0.05, 0) is 35.0 Å². The summed E-state index contributed by atoms with van der Waals surface area (Å²) in [7, 11) is 2.23. The number of anilines is 1. The van der Waals surface area contributed by atoms with Crippen molar-refractivity contribution in [2.75, 3.05) is 38.5 Å². The zero-order valence-corrected chi connectivity index (χ0v) is 19.6. The molecule has 2 amide bonds. The van der Waals surface area contributed by atoms with E-state index in [-0.39, 0.29) is 12.1 Å². The Labute approximate surface area is 198 Å². The number of likely N-dealkylation sites (tertiary alicyclic amines) is 1. The van der Waals surface area contributed by atoms with Crippen LogP contribution in [0.15, 0.2) is 60.7 Å². The Morgan fingerprint density at radius 1 is 1.00 bits per heavy atom. The van der Waals surface area contributed by atoms with Gasteiger partial charge in [-0.25, -0.2) is 4.79 Å². The molecule has 5 nitrogen and oxygen atoms in total. The summed E-state index contributed by atoms with van der Waals surface area (Å²) >= 11 is 12.1. The first-order valence-corrected chi connectivity index (χ1v) is 11.6. The van der Waals surface area contributed by atoms with Crippen LogP contribution in [-0.2, 0) is 0 Å². The van der Waals surface area contributed by atoms with Crippen LogP contribution >= 0.6 is 23.2 Å². The molecule has 1 aliphatic rings. The third-order valence-electron chi connectivity index (χ3n) is 6.12. The van der Waals surface area contributed by atoms with Crippen molar-refractivity contribution in [3.63, 3.8) is 0 Å². The van der Waals surface area contributed by atoms with Crippen LogP contribution in [0.3, 0.4) is 0 Å². The third kappa shape index (κ3) is 5.85. The number of carbonyl (C=O) groups is 1. The van der Waals surface area contributed by atoms with Crippen molar-refractivity contribution in [1.29, 1.82) is 0 Å². The van der Waals surface area contributed by atoms with E-state index in [4.69, 9.17) is 27.9 Å².